The van der Waals surface area contributed by atoms with Gasteiger partial charge in [-0.1, -0.05) is 12.8 Å². The molecule has 158 valence electrons. The number of hydrogen-bond acceptors (Lipinski definition) is 5. The zero-order chi connectivity index (χ0) is 20.2. The zero-order valence-electron chi connectivity index (χ0n) is 17.7. The van der Waals surface area contributed by atoms with Gasteiger partial charge >= 0.3 is 0 Å². The minimum atomic E-state index is 0.0313. The first-order chi connectivity index (χ1) is 14.2. The van der Waals surface area contributed by atoms with Crippen LogP contribution in [0.1, 0.15) is 54.9 Å². The predicted octanol–water partition coefficient (Wildman–Crippen LogP) is 2.98. The highest BCUT2D eigenvalue weighted by Crippen LogP contribution is 2.31. The lowest BCUT2D eigenvalue weighted by Gasteiger charge is -2.34. The normalized spacial score (nSPS) is 21.1. The molecule has 3 heterocycles. The lowest BCUT2D eigenvalue weighted by molar-refractivity contribution is 0.0702. The third-order valence-electron chi connectivity index (χ3n) is 6.47. The van der Waals surface area contributed by atoms with Crippen molar-refractivity contribution in [2.24, 2.45) is 5.92 Å². The molecule has 1 aliphatic carbocycles. The van der Waals surface area contributed by atoms with Crippen molar-refractivity contribution in [2.75, 3.05) is 46.9 Å². The Kier molecular flexibility index (Phi) is 6.45. The molecule has 0 N–H and O–H groups in total. The van der Waals surface area contributed by atoms with Crippen LogP contribution in [-0.4, -0.2) is 77.2 Å². The van der Waals surface area contributed by atoms with Crippen molar-refractivity contribution in [1.82, 2.24) is 24.3 Å². The first kappa shape index (κ1) is 20.3. The maximum atomic E-state index is 13.0. The summed E-state index contributed by atoms with van der Waals surface area (Å²) in [6.07, 6.45) is 10.9. The van der Waals surface area contributed by atoms with E-state index in [1.54, 1.807) is 13.3 Å². The van der Waals surface area contributed by atoms with E-state index in [9.17, 15) is 4.79 Å². The molecule has 0 aromatic carbocycles. The fraction of sp³-hybridized carbons (Fsp3) is 0.682. The standard InChI is InChI=1S/C22H33N5O2/c1-25(14-17-6-5-9-26(15-17)10-11-29-2)22(28)18-12-20-21(23-13-18)27(16-24-20)19-7-3-4-8-19/h12-13,16-17,19H,3-11,14-15H2,1-2H3. The Labute approximate surface area is 173 Å². The van der Waals surface area contributed by atoms with Gasteiger partial charge in [-0.2, -0.15) is 0 Å². The largest absolute Gasteiger partial charge is 0.383 e. The van der Waals surface area contributed by atoms with Crippen LogP contribution in [-0.2, 0) is 4.74 Å². The van der Waals surface area contributed by atoms with Crippen molar-refractivity contribution >= 4 is 17.1 Å². The van der Waals surface area contributed by atoms with Crippen LogP contribution in [0.15, 0.2) is 18.6 Å². The monoisotopic (exact) mass is 399 g/mol. The van der Waals surface area contributed by atoms with Gasteiger partial charge in [-0.05, 0) is 44.2 Å². The zero-order valence-corrected chi connectivity index (χ0v) is 17.7. The minimum Gasteiger partial charge on any atom is -0.383 e. The van der Waals surface area contributed by atoms with Gasteiger partial charge in [0.15, 0.2) is 5.65 Å². The Morgan fingerprint density at radius 2 is 2.07 bits per heavy atom. The van der Waals surface area contributed by atoms with Gasteiger partial charge in [-0.25, -0.2) is 9.97 Å². The van der Waals surface area contributed by atoms with E-state index in [0.29, 0.717) is 17.5 Å². The molecule has 7 heteroatoms. The molecule has 0 spiro atoms. The third kappa shape index (κ3) is 4.61. The van der Waals surface area contributed by atoms with Crippen LogP contribution < -0.4 is 0 Å². The quantitative estimate of drug-likeness (QED) is 0.716. The first-order valence-corrected chi connectivity index (χ1v) is 10.9. The summed E-state index contributed by atoms with van der Waals surface area (Å²) in [6.45, 7) is 4.66. The number of aromatic nitrogens is 3. The summed E-state index contributed by atoms with van der Waals surface area (Å²) in [7, 11) is 3.65. The van der Waals surface area contributed by atoms with Crippen molar-refractivity contribution < 1.29 is 9.53 Å². The highest BCUT2D eigenvalue weighted by atomic mass is 16.5. The maximum absolute atomic E-state index is 13.0. The molecule has 2 aromatic rings. The molecule has 1 amide bonds. The van der Waals surface area contributed by atoms with Crippen molar-refractivity contribution in [3.8, 4) is 0 Å². The number of pyridine rings is 1. The molecule has 0 radical (unpaired) electrons. The molecule has 2 fully saturated rings. The van der Waals surface area contributed by atoms with Crippen molar-refractivity contribution in [2.45, 2.75) is 44.6 Å². The summed E-state index contributed by atoms with van der Waals surface area (Å²) < 4.78 is 7.40. The highest BCUT2D eigenvalue weighted by molar-refractivity contribution is 5.96. The number of hydrogen-bond donors (Lipinski definition) is 0. The van der Waals surface area contributed by atoms with Crippen LogP contribution in [0.3, 0.4) is 0 Å². The van der Waals surface area contributed by atoms with E-state index in [0.717, 1.165) is 43.9 Å². The number of methoxy groups -OCH3 is 1. The number of fused-ring (bicyclic) bond motifs is 1. The number of rotatable bonds is 7. The number of carbonyl (C=O) groups is 1. The molecule has 29 heavy (non-hydrogen) atoms. The number of amides is 1. The minimum absolute atomic E-state index is 0.0313. The van der Waals surface area contributed by atoms with E-state index in [-0.39, 0.29) is 5.91 Å². The smallest absolute Gasteiger partial charge is 0.255 e. The molecular weight excluding hydrogens is 366 g/mol. The number of nitrogens with zero attached hydrogens (tertiary/aromatic N) is 5. The van der Waals surface area contributed by atoms with Gasteiger partial charge in [-0.15, -0.1) is 0 Å². The summed E-state index contributed by atoms with van der Waals surface area (Å²) in [5.41, 5.74) is 2.35. The Bertz CT molecular complexity index is 830. The van der Waals surface area contributed by atoms with E-state index in [2.05, 4.69) is 19.4 Å². The Morgan fingerprint density at radius 3 is 2.86 bits per heavy atom. The van der Waals surface area contributed by atoms with E-state index in [4.69, 9.17) is 4.74 Å². The number of likely N-dealkylation sites (tertiary alicyclic amines) is 1. The maximum Gasteiger partial charge on any atom is 0.255 e. The second-order valence-corrected chi connectivity index (χ2v) is 8.64. The van der Waals surface area contributed by atoms with E-state index in [1.165, 1.54) is 38.5 Å². The van der Waals surface area contributed by atoms with E-state index < -0.39 is 0 Å². The molecule has 1 aliphatic heterocycles. The molecule has 1 atom stereocenters. The fourth-order valence-electron chi connectivity index (χ4n) is 4.90. The average molecular weight is 400 g/mol. The number of imidazole rings is 1. The summed E-state index contributed by atoms with van der Waals surface area (Å²) in [4.78, 5) is 26.4. The topological polar surface area (TPSA) is 63.5 Å². The molecule has 2 aromatic heterocycles. The SMILES string of the molecule is COCCN1CCCC(CN(C)C(=O)c2cnc3c(c2)ncn3C2CCCC2)C1. The van der Waals surface area contributed by atoms with E-state index >= 15 is 0 Å². The number of carbonyl (C=O) groups excluding carboxylic acids is 1. The summed E-state index contributed by atoms with van der Waals surface area (Å²) >= 11 is 0. The number of piperidine rings is 1. The molecule has 7 nitrogen and oxygen atoms in total. The van der Waals surface area contributed by atoms with Crippen LogP contribution in [0.2, 0.25) is 0 Å². The van der Waals surface area contributed by atoms with E-state index in [1.807, 2.05) is 24.3 Å². The van der Waals surface area contributed by atoms with Gasteiger partial charge in [0.2, 0.25) is 0 Å². The predicted molar refractivity (Wildman–Crippen MR) is 113 cm³/mol. The van der Waals surface area contributed by atoms with Crippen LogP contribution >= 0.6 is 0 Å². The van der Waals surface area contributed by atoms with Crippen molar-refractivity contribution in [1.29, 1.82) is 0 Å². The molecular formula is C22H33N5O2. The Balaban J connectivity index is 1.40. The second kappa shape index (κ2) is 9.22. The van der Waals surface area contributed by atoms with Gasteiger partial charge in [0.05, 0.1) is 18.5 Å². The summed E-state index contributed by atoms with van der Waals surface area (Å²) in [5, 5.41) is 0. The molecule has 4 rings (SSSR count). The third-order valence-corrected chi connectivity index (χ3v) is 6.47. The molecule has 0 bridgehead atoms. The fourth-order valence-corrected chi connectivity index (χ4v) is 4.90. The van der Waals surface area contributed by atoms with Gasteiger partial charge in [-0.3, -0.25) is 4.79 Å². The van der Waals surface area contributed by atoms with Gasteiger partial charge in [0.25, 0.3) is 5.91 Å². The van der Waals surface area contributed by atoms with Crippen LogP contribution in [0.4, 0.5) is 0 Å². The van der Waals surface area contributed by atoms with Crippen molar-refractivity contribution in [3.05, 3.63) is 24.2 Å². The number of ether oxygens (including phenoxy) is 1. The first-order valence-electron chi connectivity index (χ1n) is 10.9. The summed E-state index contributed by atoms with van der Waals surface area (Å²) in [6, 6.07) is 2.40. The highest BCUT2D eigenvalue weighted by Gasteiger charge is 2.24. The molecule has 1 saturated heterocycles. The van der Waals surface area contributed by atoms with Gasteiger partial charge < -0.3 is 19.1 Å². The second-order valence-electron chi connectivity index (χ2n) is 8.64. The lowest BCUT2D eigenvalue weighted by Crippen LogP contribution is -2.42. The molecule has 1 saturated carbocycles. The van der Waals surface area contributed by atoms with Crippen LogP contribution in [0.5, 0.6) is 0 Å². The Hall–Kier alpha value is -1.99. The van der Waals surface area contributed by atoms with Crippen LogP contribution in [0, 0.1) is 5.92 Å². The average Bonchev–Trinajstić information content (AvgIpc) is 3.41. The van der Waals surface area contributed by atoms with Gasteiger partial charge in [0, 0.05) is 46.0 Å². The van der Waals surface area contributed by atoms with Crippen LogP contribution in [0.25, 0.3) is 11.2 Å². The van der Waals surface area contributed by atoms with Gasteiger partial charge in [0.1, 0.15) is 5.52 Å². The molecule has 1 unspecified atom stereocenters. The lowest BCUT2D eigenvalue weighted by atomic mass is 9.97. The molecule has 2 aliphatic rings. The summed E-state index contributed by atoms with van der Waals surface area (Å²) in [5.74, 6) is 0.539. The van der Waals surface area contributed by atoms with Crippen molar-refractivity contribution in [3.63, 3.8) is 0 Å². The Morgan fingerprint density at radius 1 is 1.24 bits per heavy atom.